The molecule has 11 nitrogen and oxygen atoms in total. The first kappa shape index (κ1) is 27.6. The lowest BCUT2D eigenvalue weighted by molar-refractivity contribution is -0.137. The third-order valence-electron chi connectivity index (χ3n) is 7.09. The summed E-state index contributed by atoms with van der Waals surface area (Å²) in [5.41, 5.74) is 1.38. The Morgan fingerprint density at radius 1 is 1.05 bits per heavy atom. The van der Waals surface area contributed by atoms with Crippen LogP contribution in [0.25, 0.3) is 0 Å². The highest BCUT2D eigenvalue weighted by atomic mass is 16.5. The van der Waals surface area contributed by atoms with E-state index in [1.54, 1.807) is 17.0 Å². The summed E-state index contributed by atoms with van der Waals surface area (Å²) in [4.78, 5) is 63.7. The Hall–Kier alpha value is -3.47. The van der Waals surface area contributed by atoms with Gasteiger partial charge < -0.3 is 24.6 Å². The largest absolute Gasteiger partial charge is 0.494 e. The van der Waals surface area contributed by atoms with Gasteiger partial charge in [-0.1, -0.05) is 12.8 Å². The number of rotatable bonds is 12. The second kappa shape index (κ2) is 13.4. The molecule has 1 aromatic carbocycles. The summed E-state index contributed by atoms with van der Waals surface area (Å²) in [5.74, 6) is -0.329. The van der Waals surface area contributed by atoms with Crippen molar-refractivity contribution in [3.63, 3.8) is 0 Å². The van der Waals surface area contributed by atoms with Crippen LogP contribution in [0, 0.1) is 0 Å². The predicted octanol–water partition coefficient (Wildman–Crippen LogP) is 1.14. The van der Waals surface area contributed by atoms with Gasteiger partial charge in [-0.3, -0.25) is 29.3 Å². The van der Waals surface area contributed by atoms with E-state index in [4.69, 9.17) is 9.47 Å². The number of benzene rings is 1. The quantitative estimate of drug-likeness (QED) is 0.307. The molecule has 1 aromatic rings. The van der Waals surface area contributed by atoms with Crippen molar-refractivity contribution in [2.75, 3.05) is 39.5 Å². The number of fused-ring (bicyclic) bond motifs is 1. The van der Waals surface area contributed by atoms with Crippen LogP contribution in [0.1, 0.15) is 67.3 Å². The summed E-state index contributed by atoms with van der Waals surface area (Å²) in [6.45, 7) is 3.77. The molecule has 38 heavy (non-hydrogen) atoms. The van der Waals surface area contributed by atoms with Crippen molar-refractivity contribution in [1.82, 2.24) is 20.4 Å². The first-order valence-corrected chi connectivity index (χ1v) is 13.4. The van der Waals surface area contributed by atoms with E-state index in [1.165, 1.54) is 4.90 Å². The third-order valence-corrected chi connectivity index (χ3v) is 7.09. The zero-order valence-electron chi connectivity index (χ0n) is 21.7. The first-order valence-electron chi connectivity index (χ1n) is 13.4. The van der Waals surface area contributed by atoms with Gasteiger partial charge in [0.05, 0.1) is 19.8 Å². The summed E-state index contributed by atoms with van der Waals surface area (Å²) in [6.07, 6.45) is 4.64. The van der Waals surface area contributed by atoms with Gasteiger partial charge in [-0.15, -0.1) is 0 Å². The van der Waals surface area contributed by atoms with E-state index < -0.39 is 11.9 Å². The maximum atomic E-state index is 12.8. The minimum absolute atomic E-state index is 0.00469. The van der Waals surface area contributed by atoms with E-state index >= 15 is 0 Å². The average Bonchev–Trinajstić information content (AvgIpc) is 3.24. The number of ether oxygens (including phenoxy) is 2. The molecule has 2 N–H and O–H groups in total. The van der Waals surface area contributed by atoms with Gasteiger partial charge in [-0.2, -0.15) is 0 Å². The van der Waals surface area contributed by atoms with E-state index in [9.17, 15) is 24.0 Å². The Bertz CT molecular complexity index is 1050. The van der Waals surface area contributed by atoms with Gasteiger partial charge in [0, 0.05) is 51.0 Å². The summed E-state index contributed by atoms with van der Waals surface area (Å²) < 4.78 is 11.1. The van der Waals surface area contributed by atoms with Crippen LogP contribution in [-0.2, 0) is 30.5 Å². The normalized spacial score (nSPS) is 19.3. The Balaban J connectivity index is 1.07. The van der Waals surface area contributed by atoms with Crippen molar-refractivity contribution in [1.29, 1.82) is 0 Å². The van der Waals surface area contributed by atoms with Gasteiger partial charge in [0.2, 0.25) is 23.6 Å². The van der Waals surface area contributed by atoms with Crippen LogP contribution < -0.4 is 15.4 Å². The molecule has 11 heteroatoms. The average molecular weight is 529 g/mol. The summed E-state index contributed by atoms with van der Waals surface area (Å²) in [5, 5.41) is 5.19. The van der Waals surface area contributed by atoms with E-state index in [-0.39, 0.29) is 42.9 Å². The van der Waals surface area contributed by atoms with Gasteiger partial charge >= 0.3 is 0 Å². The number of carbonyl (C=O) groups is 5. The van der Waals surface area contributed by atoms with Gasteiger partial charge in [-0.05, 0) is 43.0 Å². The highest BCUT2D eigenvalue weighted by Gasteiger charge is 2.39. The topological polar surface area (TPSA) is 134 Å². The molecular formula is C27H36N4O7. The van der Waals surface area contributed by atoms with Crippen molar-refractivity contribution in [2.45, 2.75) is 64.0 Å². The predicted molar refractivity (Wildman–Crippen MR) is 136 cm³/mol. The second-order valence-corrected chi connectivity index (χ2v) is 9.82. The Morgan fingerprint density at radius 3 is 2.63 bits per heavy atom. The zero-order chi connectivity index (χ0) is 26.9. The molecule has 2 fully saturated rings. The lowest BCUT2D eigenvalue weighted by atomic mass is 10.0. The standard InChI is InChI=1S/C27H36N4O7/c32-23(9-10-25(34)30-12-15-37-16-13-30)28-11-3-1-2-4-14-38-20-5-6-21-19(17-20)18-31(27(21)36)22-7-8-24(33)29-26(22)35/h5-6,17,22H,1-4,7-16,18H2,(H,28,32)(H,29,33,35). The van der Waals surface area contributed by atoms with Crippen molar-refractivity contribution >= 4 is 29.5 Å². The Labute approximate surface area is 222 Å². The molecule has 1 unspecified atom stereocenters. The van der Waals surface area contributed by atoms with Crippen LogP contribution in [-0.4, -0.2) is 84.8 Å². The Morgan fingerprint density at radius 2 is 1.84 bits per heavy atom. The van der Waals surface area contributed by atoms with Crippen LogP contribution >= 0.6 is 0 Å². The van der Waals surface area contributed by atoms with Crippen molar-refractivity contribution in [2.24, 2.45) is 0 Å². The van der Waals surface area contributed by atoms with Crippen LogP contribution in [0.2, 0.25) is 0 Å². The highest BCUT2D eigenvalue weighted by Crippen LogP contribution is 2.30. The van der Waals surface area contributed by atoms with Crippen LogP contribution in [0.3, 0.4) is 0 Å². The fraction of sp³-hybridized carbons (Fsp3) is 0.593. The molecule has 3 heterocycles. The number of morpholine rings is 1. The number of piperidine rings is 1. The zero-order valence-corrected chi connectivity index (χ0v) is 21.7. The number of hydrogen-bond donors (Lipinski definition) is 2. The molecule has 5 amide bonds. The van der Waals surface area contributed by atoms with Crippen LogP contribution in [0.5, 0.6) is 5.75 Å². The SMILES string of the molecule is O=C(CCC(=O)N1CCOCC1)NCCCCCCOc1ccc2c(c1)CN(C1CCC(=O)NC1=O)C2=O. The van der Waals surface area contributed by atoms with E-state index in [2.05, 4.69) is 10.6 Å². The van der Waals surface area contributed by atoms with Crippen molar-refractivity contribution in [3.05, 3.63) is 29.3 Å². The number of carbonyl (C=O) groups excluding carboxylic acids is 5. The number of nitrogens with one attached hydrogen (secondary N) is 2. The lowest BCUT2D eigenvalue weighted by Gasteiger charge is -2.29. The molecule has 3 aliphatic heterocycles. The Kier molecular flexibility index (Phi) is 9.69. The van der Waals surface area contributed by atoms with Gasteiger partial charge in [0.25, 0.3) is 5.91 Å². The maximum Gasteiger partial charge on any atom is 0.255 e. The van der Waals surface area contributed by atoms with Crippen LogP contribution in [0.15, 0.2) is 18.2 Å². The number of amides is 5. The van der Waals surface area contributed by atoms with Crippen molar-refractivity contribution < 1.29 is 33.4 Å². The minimum atomic E-state index is -0.626. The summed E-state index contributed by atoms with van der Waals surface area (Å²) in [6, 6.07) is 4.72. The molecule has 0 spiro atoms. The molecule has 2 saturated heterocycles. The highest BCUT2D eigenvalue weighted by molar-refractivity contribution is 6.05. The number of nitrogens with zero attached hydrogens (tertiary/aromatic N) is 2. The molecule has 0 saturated carbocycles. The number of imide groups is 1. The summed E-state index contributed by atoms with van der Waals surface area (Å²) in [7, 11) is 0. The van der Waals surface area contributed by atoms with Crippen molar-refractivity contribution in [3.8, 4) is 5.75 Å². The monoisotopic (exact) mass is 528 g/mol. The molecule has 1 atom stereocenters. The summed E-state index contributed by atoms with van der Waals surface area (Å²) >= 11 is 0. The molecule has 0 radical (unpaired) electrons. The lowest BCUT2D eigenvalue weighted by Crippen LogP contribution is -2.52. The van der Waals surface area contributed by atoms with E-state index in [0.29, 0.717) is 63.7 Å². The van der Waals surface area contributed by atoms with E-state index in [0.717, 1.165) is 31.2 Å². The molecule has 206 valence electrons. The molecular weight excluding hydrogens is 492 g/mol. The number of unbranched alkanes of at least 4 members (excludes halogenated alkanes) is 3. The molecule has 3 aliphatic rings. The van der Waals surface area contributed by atoms with E-state index in [1.807, 2.05) is 6.07 Å². The van der Waals surface area contributed by atoms with Gasteiger partial charge in [0.1, 0.15) is 11.8 Å². The van der Waals surface area contributed by atoms with Crippen LogP contribution in [0.4, 0.5) is 0 Å². The molecule has 0 bridgehead atoms. The first-order chi connectivity index (χ1) is 18.4. The molecule has 0 aromatic heterocycles. The minimum Gasteiger partial charge on any atom is -0.494 e. The maximum absolute atomic E-state index is 12.8. The molecule has 0 aliphatic carbocycles. The van der Waals surface area contributed by atoms with Gasteiger partial charge in [0.15, 0.2) is 0 Å². The third kappa shape index (κ3) is 7.31. The van der Waals surface area contributed by atoms with Gasteiger partial charge in [-0.25, -0.2) is 0 Å². The fourth-order valence-corrected chi connectivity index (χ4v) is 4.92. The number of hydrogen-bond acceptors (Lipinski definition) is 7. The second-order valence-electron chi connectivity index (χ2n) is 9.82. The fourth-order valence-electron chi connectivity index (χ4n) is 4.92. The smallest absolute Gasteiger partial charge is 0.255 e. The molecule has 4 rings (SSSR count).